The summed E-state index contributed by atoms with van der Waals surface area (Å²) in [4.78, 5) is 23.4. The molecule has 0 bridgehead atoms. The topological polar surface area (TPSA) is 73.1 Å². The zero-order valence-corrected chi connectivity index (χ0v) is 9.14. The smallest absolute Gasteiger partial charge is 0.293 e. The van der Waals surface area contributed by atoms with E-state index in [9.17, 15) is 23.7 Å². The Kier molecular flexibility index (Phi) is 3.61. The molecular weight excluding hydrogens is 325 g/mol. The van der Waals surface area contributed by atoms with Gasteiger partial charge in [0, 0.05) is 6.20 Å². The van der Waals surface area contributed by atoms with Gasteiger partial charge < -0.3 is 0 Å². The Morgan fingerprint density at radius 1 is 1.60 bits per heavy atom. The standard InChI is InChI=1S/C7H3F2IN2O3/c8-6(9)4-5(12(14)15)3(2-13)1-11-7(4)10/h1-2,6H. The van der Waals surface area contributed by atoms with Crippen molar-refractivity contribution < 1.29 is 18.5 Å². The molecule has 0 aliphatic rings. The van der Waals surface area contributed by atoms with Gasteiger partial charge in [-0.15, -0.1) is 0 Å². The number of rotatable bonds is 3. The molecule has 0 saturated carbocycles. The number of halogens is 3. The van der Waals surface area contributed by atoms with Crippen LogP contribution < -0.4 is 0 Å². The Balaban J connectivity index is 3.58. The van der Waals surface area contributed by atoms with E-state index >= 15 is 0 Å². The Morgan fingerprint density at radius 2 is 2.20 bits per heavy atom. The van der Waals surface area contributed by atoms with E-state index in [1.807, 2.05) is 0 Å². The summed E-state index contributed by atoms with van der Waals surface area (Å²) in [6.07, 6.45) is -2.00. The molecule has 0 atom stereocenters. The highest BCUT2D eigenvalue weighted by molar-refractivity contribution is 14.1. The first-order valence-electron chi connectivity index (χ1n) is 3.55. The molecule has 1 aromatic rings. The molecule has 0 N–H and O–H groups in total. The predicted octanol–water partition coefficient (Wildman–Crippen LogP) is 2.34. The van der Waals surface area contributed by atoms with Gasteiger partial charge in [0.1, 0.15) is 14.8 Å². The number of pyridine rings is 1. The second-order valence-electron chi connectivity index (χ2n) is 2.44. The third kappa shape index (κ3) is 2.25. The fourth-order valence-electron chi connectivity index (χ4n) is 0.993. The molecule has 0 aliphatic heterocycles. The molecule has 0 radical (unpaired) electrons. The predicted molar refractivity (Wildman–Crippen MR) is 54.0 cm³/mol. The maximum Gasteiger partial charge on any atom is 0.293 e. The number of aldehydes is 1. The second-order valence-corrected chi connectivity index (χ2v) is 3.46. The Bertz CT molecular complexity index is 425. The van der Waals surface area contributed by atoms with Crippen molar-refractivity contribution in [3.63, 3.8) is 0 Å². The molecule has 0 aliphatic carbocycles. The molecule has 0 spiro atoms. The first kappa shape index (κ1) is 11.9. The van der Waals surface area contributed by atoms with Crippen LogP contribution in [0.1, 0.15) is 22.3 Å². The van der Waals surface area contributed by atoms with Crippen molar-refractivity contribution in [2.45, 2.75) is 6.43 Å². The van der Waals surface area contributed by atoms with Crippen molar-refractivity contribution >= 4 is 34.6 Å². The first-order valence-corrected chi connectivity index (χ1v) is 4.63. The van der Waals surface area contributed by atoms with Gasteiger partial charge in [0.05, 0.1) is 4.92 Å². The lowest BCUT2D eigenvalue weighted by molar-refractivity contribution is -0.386. The third-order valence-electron chi connectivity index (χ3n) is 1.60. The van der Waals surface area contributed by atoms with Gasteiger partial charge in [-0.3, -0.25) is 14.9 Å². The van der Waals surface area contributed by atoms with Gasteiger partial charge in [0.25, 0.3) is 12.1 Å². The minimum Gasteiger partial charge on any atom is -0.298 e. The highest BCUT2D eigenvalue weighted by Crippen LogP contribution is 2.33. The van der Waals surface area contributed by atoms with Crippen molar-refractivity contribution in [2.24, 2.45) is 0 Å². The monoisotopic (exact) mass is 328 g/mol. The van der Waals surface area contributed by atoms with Crippen LogP contribution in [-0.2, 0) is 0 Å². The highest BCUT2D eigenvalue weighted by Gasteiger charge is 2.29. The van der Waals surface area contributed by atoms with Gasteiger partial charge >= 0.3 is 0 Å². The van der Waals surface area contributed by atoms with E-state index in [1.54, 1.807) is 0 Å². The number of nitro groups is 1. The molecule has 15 heavy (non-hydrogen) atoms. The zero-order valence-electron chi connectivity index (χ0n) is 6.99. The van der Waals surface area contributed by atoms with E-state index < -0.39 is 28.2 Å². The van der Waals surface area contributed by atoms with Crippen LogP contribution in [-0.4, -0.2) is 16.2 Å². The van der Waals surface area contributed by atoms with Crippen LogP contribution in [0.4, 0.5) is 14.5 Å². The average Bonchev–Trinajstić information content (AvgIpc) is 2.16. The van der Waals surface area contributed by atoms with E-state index in [-0.39, 0.29) is 9.99 Å². The summed E-state index contributed by atoms with van der Waals surface area (Å²) in [6.45, 7) is 0. The molecule has 0 aromatic carbocycles. The van der Waals surface area contributed by atoms with Crippen LogP contribution in [0.5, 0.6) is 0 Å². The molecular formula is C7H3F2IN2O3. The normalized spacial score (nSPS) is 10.4. The number of alkyl halides is 2. The summed E-state index contributed by atoms with van der Waals surface area (Å²) in [5.41, 5.74) is -2.14. The van der Waals surface area contributed by atoms with Crippen LogP contribution in [0.15, 0.2) is 6.20 Å². The molecule has 1 aromatic heterocycles. The summed E-state index contributed by atoms with van der Waals surface area (Å²) < 4.78 is 24.8. The number of carbonyl (C=O) groups is 1. The Morgan fingerprint density at radius 3 is 2.60 bits per heavy atom. The Labute approximate surface area is 95.8 Å². The lowest BCUT2D eigenvalue weighted by Crippen LogP contribution is -2.04. The lowest BCUT2D eigenvalue weighted by Gasteiger charge is -2.04. The van der Waals surface area contributed by atoms with E-state index in [0.29, 0.717) is 0 Å². The summed E-state index contributed by atoms with van der Waals surface area (Å²) in [6, 6.07) is 0. The molecule has 0 amide bonds. The number of aromatic nitrogens is 1. The van der Waals surface area contributed by atoms with Crippen LogP contribution in [0.2, 0.25) is 0 Å². The molecule has 1 heterocycles. The van der Waals surface area contributed by atoms with Crippen LogP contribution in [0.25, 0.3) is 0 Å². The van der Waals surface area contributed by atoms with Gasteiger partial charge in [-0.1, -0.05) is 0 Å². The molecule has 8 heteroatoms. The fraction of sp³-hybridized carbons (Fsp3) is 0.143. The Hall–Kier alpha value is -1.19. The van der Waals surface area contributed by atoms with E-state index in [4.69, 9.17) is 0 Å². The summed E-state index contributed by atoms with van der Waals surface area (Å²) >= 11 is 1.46. The minimum absolute atomic E-state index is 0.132. The van der Waals surface area contributed by atoms with Gasteiger partial charge in [0.15, 0.2) is 6.29 Å². The quantitative estimate of drug-likeness (QED) is 0.281. The number of nitrogens with zero attached hydrogens (tertiary/aromatic N) is 2. The van der Waals surface area contributed by atoms with Gasteiger partial charge in [-0.2, -0.15) is 0 Å². The van der Waals surface area contributed by atoms with E-state index in [0.717, 1.165) is 6.20 Å². The molecule has 0 fully saturated rings. The third-order valence-corrected chi connectivity index (χ3v) is 2.46. The van der Waals surface area contributed by atoms with E-state index in [2.05, 4.69) is 4.98 Å². The lowest BCUT2D eigenvalue weighted by atomic mass is 10.1. The van der Waals surface area contributed by atoms with Crippen molar-refractivity contribution in [3.05, 3.63) is 31.1 Å². The number of hydrogen-bond donors (Lipinski definition) is 0. The first-order chi connectivity index (χ1) is 6.99. The van der Waals surface area contributed by atoms with Crippen molar-refractivity contribution in [2.75, 3.05) is 0 Å². The maximum absolute atomic E-state index is 12.5. The average molecular weight is 328 g/mol. The second kappa shape index (κ2) is 4.55. The van der Waals surface area contributed by atoms with Crippen LogP contribution in [0, 0.1) is 13.8 Å². The van der Waals surface area contributed by atoms with Crippen LogP contribution >= 0.6 is 22.6 Å². The van der Waals surface area contributed by atoms with Gasteiger partial charge in [0.2, 0.25) is 0 Å². The highest BCUT2D eigenvalue weighted by atomic mass is 127. The summed E-state index contributed by atoms with van der Waals surface area (Å²) in [5.74, 6) is 0. The van der Waals surface area contributed by atoms with Crippen molar-refractivity contribution in [3.8, 4) is 0 Å². The SMILES string of the molecule is O=Cc1cnc(I)c(C(F)F)c1[N+](=O)[O-]. The zero-order chi connectivity index (χ0) is 11.6. The summed E-state index contributed by atoms with van der Waals surface area (Å²) in [5, 5.41) is 10.5. The fourth-order valence-corrected chi connectivity index (χ4v) is 1.62. The number of hydrogen-bond acceptors (Lipinski definition) is 4. The molecule has 5 nitrogen and oxygen atoms in total. The van der Waals surface area contributed by atoms with Gasteiger partial charge in [-0.25, -0.2) is 13.8 Å². The molecule has 1 rings (SSSR count). The van der Waals surface area contributed by atoms with Crippen LogP contribution in [0.3, 0.4) is 0 Å². The summed E-state index contributed by atoms with van der Waals surface area (Å²) in [7, 11) is 0. The number of carbonyl (C=O) groups excluding carboxylic acids is 1. The van der Waals surface area contributed by atoms with Crippen molar-refractivity contribution in [1.29, 1.82) is 0 Å². The molecule has 0 saturated heterocycles. The van der Waals surface area contributed by atoms with Crippen molar-refractivity contribution in [1.82, 2.24) is 4.98 Å². The van der Waals surface area contributed by atoms with Gasteiger partial charge in [-0.05, 0) is 22.6 Å². The minimum atomic E-state index is -3.04. The maximum atomic E-state index is 12.5. The largest absolute Gasteiger partial charge is 0.298 e. The molecule has 80 valence electrons. The molecule has 0 unspecified atom stereocenters. The van der Waals surface area contributed by atoms with E-state index in [1.165, 1.54) is 22.6 Å².